The second kappa shape index (κ2) is 6.47. The summed E-state index contributed by atoms with van der Waals surface area (Å²) in [5.41, 5.74) is 1.42. The van der Waals surface area contributed by atoms with Crippen LogP contribution in [0.5, 0.6) is 0 Å². The van der Waals surface area contributed by atoms with Gasteiger partial charge in [-0.25, -0.2) is 17.5 Å². The Morgan fingerprint density at radius 3 is 2.10 bits per heavy atom. The van der Waals surface area contributed by atoms with Gasteiger partial charge in [-0.1, -0.05) is 40.2 Å². The van der Waals surface area contributed by atoms with E-state index >= 15 is 0 Å². The van der Waals surface area contributed by atoms with Gasteiger partial charge in [0.25, 0.3) is 0 Å². The highest BCUT2D eigenvalue weighted by molar-refractivity contribution is 9.10. The molecule has 20 heavy (non-hydrogen) atoms. The van der Waals surface area contributed by atoms with Crippen LogP contribution in [0.25, 0.3) is 0 Å². The lowest BCUT2D eigenvalue weighted by Gasteiger charge is -2.07. The van der Waals surface area contributed by atoms with Crippen LogP contribution in [-0.4, -0.2) is 8.42 Å². The highest BCUT2D eigenvalue weighted by atomic mass is 79.9. The van der Waals surface area contributed by atoms with Crippen LogP contribution in [0.2, 0.25) is 0 Å². The Morgan fingerprint density at radius 2 is 1.50 bits per heavy atom. The Labute approximate surface area is 126 Å². The number of hydrogen-bond acceptors (Lipinski definition) is 2. The van der Waals surface area contributed by atoms with E-state index in [-0.39, 0.29) is 18.1 Å². The molecule has 0 aromatic heterocycles. The number of nitrogens with one attached hydrogen (secondary N) is 1. The number of rotatable bonds is 5. The van der Waals surface area contributed by atoms with Crippen molar-refractivity contribution >= 4 is 26.0 Å². The molecule has 0 saturated heterocycles. The molecule has 6 heteroatoms. The SMILES string of the molecule is O=S(=O)(Cc1ccc(Br)cc1)NCc1ccc(F)cc1. The molecule has 0 fully saturated rings. The molecule has 0 aliphatic carbocycles. The first kappa shape index (κ1) is 15.2. The Hall–Kier alpha value is -1.24. The van der Waals surface area contributed by atoms with Crippen molar-refractivity contribution in [2.24, 2.45) is 0 Å². The Balaban J connectivity index is 1.97. The third-order valence-corrected chi connectivity index (χ3v) is 4.51. The molecule has 0 heterocycles. The molecule has 0 unspecified atom stereocenters. The summed E-state index contributed by atoms with van der Waals surface area (Å²) < 4.78 is 40.0. The third kappa shape index (κ3) is 4.70. The highest BCUT2D eigenvalue weighted by Gasteiger charge is 2.11. The zero-order valence-corrected chi connectivity index (χ0v) is 12.9. The van der Waals surface area contributed by atoms with Crippen molar-refractivity contribution in [3.8, 4) is 0 Å². The molecule has 106 valence electrons. The molecule has 0 aliphatic rings. The van der Waals surface area contributed by atoms with Crippen LogP contribution in [0, 0.1) is 5.82 Å². The Bertz CT molecular complexity index is 669. The normalized spacial score (nSPS) is 11.5. The van der Waals surface area contributed by atoms with E-state index in [1.807, 2.05) is 0 Å². The van der Waals surface area contributed by atoms with Gasteiger partial charge in [0.1, 0.15) is 5.82 Å². The van der Waals surface area contributed by atoms with Crippen molar-refractivity contribution in [2.45, 2.75) is 12.3 Å². The predicted molar refractivity (Wildman–Crippen MR) is 80.0 cm³/mol. The van der Waals surface area contributed by atoms with Crippen LogP contribution in [0.15, 0.2) is 53.0 Å². The second-order valence-electron chi connectivity index (χ2n) is 4.33. The summed E-state index contributed by atoms with van der Waals surface area (Å²) in [6, 6.07) is 12.8. The molecule has 2 aromatic rings. The summed E-state index contributed by atoms with van der Waals surface area (Å²) in [5.74, 6) is -0.423. The number of sulfonamides is 1. The Morgan fingerprint density at radius 1 is 0.950 bits per heavy atom. The summed E-state index contributed by atoms with van der Waals surface area (Å²) in [6.45, 7) is 0.152. The maximum Gasteiger partial charge on any atom is 0.216 e. The fourth-order valence-electron chi connectivity index (χ4n) is 1.65. The van der Waals surface area contributed by atoms with Crippen LogP contribution in [0.3, 0.4) is 0 Å². The fourth-order valence-corrected chi connectivity index (χ4v) is 3.03. The standard InChI is InChI=1S/C14H13BrFNO2S/c15-13-5-1-12(2-6-13)10-20(18,19)17-9-11-3-7-14(16)8-4-11/h1-8,17H,9-10H2. The van der Waals surface area contributed by atoms with Gasteiger partial charge in [0.15, 0.2) is 0 Å². The van der Waals surface area contributed by atoms with E-state index in [0.29, 0.717) is 11.1 Å². The maximum atomic E-state index is 12.7. The quantitative estimate of drug-likeness (QED) is 0.892. The van der Waals surface area contributed by atoms with Crippen molar-refractivity contribution in [1.82, 2.24) is 4.72 Å². The van der Waals surface area contributed by atoms with Crippen LogP contribution >= 0.6 is 15.9 Å². The molecule has 1 N–H and O–H groups in total. The number of hydrogen-bond donors (Lipinski definition) is 1. The van der Waals surface area contributed by atoms with Crippen LogP contribution in [-0.2, 0) is 22.3 Å². The highest BCUT2D eigenvalue weighted by Crippen LogP contribution is 2.12. The third-order valence-electron chi connectivity index (χ3n) is 2.68. The van der Waals surface area contributed by atoms with Gasteiger partial charge in [0.2, 0.25) is 10.0 Å². The van der Waals surface area contributed by atoms with Crippen LogP contribution < -0.4 is 4.72 Å². The van der Waals surface area contributed by atoms with Gasteiger partial charge in [-0.3, -0.25) is 0 Å². The van der Waals surface area contributed by atoms with Crippen molar-refractivity contribution in [1.29, 1.82) is 0 Å². The van der Waals surface area contributed by atoms with Crippen molar-refractivity contribution in [3.05, 3.63) is 69.9 Å². The molecule has 0 radical (unpaired) electrons. The lowest BCUT2D eigenvalue weighted by atomic mass is 10.2. The van der Waals surface area contributed by atoms with E-state index in [1.165, 1.54) is 12.1 Å². The molecular weight excluding hydrogens is 345 g/mol. The van der Waals surface area contributed by atoms with Crippen molar-refractivity contribution < 1.29 is 12.8 Å². The topological polar surface area (TPSA) is 46.2 Å². The van der Waals surface area contributed by atoms with Gasteiger partial charge >= 0.3 is 0 Å². The monoisotopic (exact) mass is 357 g/mol. The first-order valence-electron chi connectivity index (χ1n) is 5.91. The van der Waals surface area contributed by atoms with E-state index in [1.54, 1.807) is 36.4 Å². The Kier molecular flexibility index (Phi) is 4.91. The van der Waals surface area contributed by atoms with E-state index < -0.39 is 10.0 Å². The van der Waals surface area contributed by atoms with E-state index in [4.69, 9.17) is 0 Å². The first-order valence-corrected chi connectivity index (χ1v) is 8.35. The molecule has 0 amide bonds. The van der Waals surface area contributed by atoms with Gasteiger partial charge < -0.3 is 0 Å². The summed E-state index contributed by atoms with van der Waals surface area (Å²) in [6.07, 6.45) is 0. The van der Waals surface area contributed by atoms with Crippen LogP contribution in [0.4, 0.5) is 4.39 Å². The van der Waals surface area contributed by atoms with E-state index in [9.17, 15) is 12.8 Å². The minimum Gasteiger partial charge on any atom is -0.212 e. The molecule has 0 bridgehead atoms. The average molecular weight is 358 g/mol. The summed E-state index contributed by atoms with van der Waals surface area (Å²) in [4.78, 5) is 0. The molecule has 2 rings (SSSR count). The summed E-state index contributed by atoms with van der Waals surface area (Å²) in [5, 5.41) is 0. The molecule has 3 nitrogen and oxygen atoms in total. The van der Waals surface area contributed by atoms with Gasteiger partial charge in [-0.2, -0.15) is 0 Å². The molecule has 0 atom stereocenters. The molecule has 0 spiro atoms. The summed E-state index contributed by atoms with van der Waals surface area (Å²) in [7, 11) is -3.41. The smallest absolute Gasteiger partial charge is 0.212 e. The zero-order valence-electron chi connectivity index (χ0n) is 10.5. The van der Waals surface area contributed by atoms with E-state index in [2.05, 4.69) is 20.7 Å². The van der Waals surface area contributed by atoms with Crippen molar-refractivity contribution in [2.75, 3.05) is 0 Å². The second-order valence-corrected chi connectivity index (χ2v) is 7.06. The number of halogens is 2. The lowest BCUT2D eigenvalue weighted by Crippen LogP contribution is -2.24. The van der Waals surface area contributed by atoms with Gasteiger partial charge in [0, 0.05) is 11.0 Å². The number of benzene rings is 2. The fraction of sp³-hybridized carbons (Fsp3) is 0.143. The molecule has 0 aliphatic heterocycles. The molecule has 2 aromatic carbocycles. The van der Waals surface area contributed by atoms with Gasteiger partial charge in [-0.15, -0.1) is 0 Å². The minimum atomic E-state index is -3.41. The van der Waals surface area contributed by atoms with Gasteiger partial charge in [-0.05, 0) is 35.4 Å². The minimum absolute atomic E-state index is 0.0819. The lowest BCUT2D eigenvalue weighted by molar-refractivity contribution is 0.580. The predicted octanol–water partition coefficient (Wildman–Crippen LogP) is 3.21. The van der Waals surface area contributed by atoms with Crippen molar-refractivity contribution in [3.63, 3.8) is 0 Å². The average Bonchev–Trinajstić information content (AvgIpc) is 2.41. The van der Waals surface area contributed by atoms with Gasteiger partial charge in [0.05, 0.1) is 5.75 Å². The largest absolute Gasteiger partial charge is 0.216 e. The zero-order chi connectivity index (χ0) is 14.6. The van der Waals surface area contributed by atoms with E-state index in [0.717, 1.165) is 4.47 Å². The maximum absolute atomic E-state index is 12.7. The first-order chi connectivity index (χ1) is 9.44. The molecular formula is C14H13BrFNO2S. The van der Waals surface area contributed by atoms with Crippen LogP contribution in [0.1, 0.15) is 11.1 Å². The molecule has 0 saturated carbocycles. The summed E-state index contributed by atoms with van der Waals surface area (Å²) >= 11 is 3.30.